The van der Waals surface area contributed by atoms with Gasteiger partial charge >= 0.3 is 0 Å². The molecule has 3 aliphatic rings. The van der Waals surface area contributed by atoms with Gasteiger partial charge in [-0.3, -0.25) is 0 Å². The van der Waals surface area contributed by atoms with Crippen LogP contribution in [-0.2, 0) is 0 Å². The standard InChI is InChI=1S/C21H22FN5O/c1-13-17-11-15(22)3-4-19(17)28-16-5-8-26(9-6-16)14(2)18-12-23-27-10-7-20(24-13)25-21(18)27/h3-4,7,10-13,16H,2,5-6,8-9H2,1H3,(H,24,25)/t13-/m1/s1. The van der Waals surface area contributed by atoms with E-state index in [2.05, 4.69) is 21.9 Å². The number of fused-ring (bicyclic) bond motifs is 3. The third kappa shape index (κ3) is 2.87. The van der Waals surface area contributed by atoms with Crippen LogP contribution in [0.3, 0.4) is 0 Å². The maximum Gasteiger partial charge on any atom is 0.166 e. The number of hydrogen-bond acceptors (Lipinski definition) is 5. The predicted octanol–water partition coefficient (Wildman–Crippen LogP) is 3.87. The third-order valence-electron chi connectivity index (χ3n) is 5.60. The Labute approximate surface area is 162 Å². The van der Waals surface area contributed by atoms with Gasteiger partial charge in [0.15, 0.2) is 5.65 Å². The number of aromatic nitrogens is 3. The summed E-state index contributed by atoms with van der Waals surface area (Å²) in [6.07, 6.45) is 5.56. The minimum atomic E-state index is -0.273. The lowest BCUT2D eigenvalue weighted by atomic mass is 10.0. The lowest BCUT2D eigenvalue weighted by Crippen LogP contribution is -2.37. The molecule has 144 valence electrons. The number of anilines is 1. The minimum Gasteiger partial charge on any atom is -0.490 e. The van der Waals surface area contributed by atoms with Gasteiger partial charge in [0, 0.05) is 43.4 Å². The van der Waals surface area contributed by atoms with E-state index < -0.39 is 0 Å². The van der Waals surface area contributed by atoms with Gasteiger partial charge in [-0.1, -0.05) is 6.58 Å². The Bertz CT molecular complexity index is 1050. The molecule has 5 heterocycles. The number of rotatable bonds is 0. The zero-order valence-electron chi connectivity index (χ0n) is 15.7. The molecule has 3 aromatic rings. The first-order valence-electron chi connectivity index (χ1n) is 9.60. The maximum absolute atomic E-state index is 14.0. The van der Waals surface area contributed by atoms with Gasteiger partial charge in [0.25, 0.3) is 0 Å². The van der Waals surface area contributed by atoms with Crippen molar-refractivity contribution in [3.63, 3.8) is 0 Å². The van der Waals surface area contributed by atoms with Crippen molar-refractivity contribution in [3.05, 3.63) is 60.2 Å². The molecule has 3 aliphatic heterocycles. The third-order valence-corrected chi connectivity index (χ3v) is 5.60. The van der Waals surface area contributed by atoms with E-state index in [1.54, 1.807) is 16.6 Å². The van der Waals surface area contributed by atoms with Crippen molar-refractivity contribution in [1.82, 2.24) is 19.5 Å². The van der Waals surface area contributed by atoms with Crippen molar-refractivity contribution in [1.29, 1.82) is 0 Å². The molecule has 0 saturated carbocycles. The first-order chi connectivity index (χ1) is 13.6. The van der Waals surface area contributed by atoms with Crippen molar-refractivity contribution in [2.75, 3.05) is 18.4 Å². The minimum absolute atomic E-state index is 0.103. The van der Waals surface area contributed by atoms with Crippen LogP contribution in [0.2, 0.25) is 0 Å². The van der Waals surface area contributed by atoms with Crippen molar-refractivity contribution in [2.45, 2.75) is 31.9 Å². The molecule has 4 bridgehead atoms. The highest BCUT2D eigenvalue weighted by molar-refractivity contribution is 5.74. The van der Waals surface area contributed by atoms with Gasteiger partial charge in [-0.05, 0) is 31.2 Å². The number of piperidine rings is 1. The smallest absolute Gasteiger partial charge is 0.166 e. The zero-order chi connectivity index (χ0) is 19.3. The maximum atomic E-state index is 14.0. The van der Waals surface area contributed by atoms with E-state index in [1.807, 2.05) is 25.4 Å². The Morgan fingerprint density at radius 3 is 2.89 bits per heavy atom. The van der Waals surface area contributed by atoms with Crippen LogP contribution in [0.25, 0.3) is 11.3 Å². The van der Waals surface area contributed by atoms with Crippen molar-refractivity contribution in [2.24, 2.45) is 0 Å². The summed E-state index contributed by atoms with van der Waals surface area (Å²) in [5.74, 6) is 1.15. The van der Waals surface area contributed by atoms with Crippen LogP contribution in [-0.4, -0.2) is 38.7 Å². The average molecular weight is 379 g/mol. The molecule has 6 nitrogen and oxygen atoms in total. The molecule has 1 aromatic carbocycles. The molecule has 7 heteroatoms. The number of benzene rings is 1. The summed E-state index contributed by atoms with van der Waals surface area (Å²) in [6, 6.07) is 6.42. The molecule has 0 spiro atoms. The van der Waals surface area contributed by atoms with Gasteiger partial charge in [0.1, 0.15) is 23.5 Å². The molecule has 2 aromatic heterocycles. The first-order valence-corrected chi connectivity index (χ1v) is 9.60. The Morgan fingerprint density at radius 2 is 2.07 bits per heavy atom. The van der Waals surface area contributed by atoms with Crippen LogP contribution in [0.15, 0.2) is 43.2 Å². The summed E-state index contributed by atoms with van der Waals surface area (Å²) in [6.45, 7) is 7.99. The molecule has 28 heavy (non-hydrogen) atoms. The van der Waals surface area contributed by atoms with Crippen molar-refractivity contribution in [3.8, 4) is 5.75 Å². The van der Waals surface area contributed by atoms with Crippen LogP contribution in [0, 0.1) is 5.82 Å². The van der Waals surface area contributed by atoms with Gasteiger partial charge < -0.3 is 15.0 Å². The topological polar surface area (TPSA) is 54.7 Å². The summed E-state index contributed by atoms with van der Waals surface area (Å²) in [5, 5.41) is 7.78. The van der Waals surface area contributed by atoms with Crippen LogP contribution < -0.4 is 10.1 Å². The van der Waals surface area contributed by atoms with Gasteiger partial charge in [-0.2, -0.15) is 5.10 Å². The highest BCUT2D eigenvalue weighted by Crippen LogP contribution is 2.33. The largest absolute Gasteiger partial charge is 0.490 e. The summed E-state index contributed by atoms with van der Waals surface area (Å²) < 4.78 is 22.0. The number of hydrogen-bond donors (Lipinski definition) is 1. The Balaban J connectivity index is 1.64. The van der Waals surface area contributed by atoms with E-state index in [9.17, 15) is 4.39 Å². The Hall–Kier alpha value is -3.09. The summed E-state index contributed by atoms with van der Waals surface area (Å²) in [4.78, 5) is 7.01. The van der Waals surface area contributed by atoms with Gasteiger partial charge in [-0.25, -0.2) is 13.9 Å². The molecule has 1 saturated heterocycles. The molecule has 1 N–H and O–H groups in total. The SMILES string of the molecule is C=C1c2cnn3ccc(nc23)N[C@H](C)c2cc(F)ccc2OC2CCN1CC2. The molecular weight excluding hydrogens is 357 g/mol. The fourth-order valence-corrected chi connectivity index (χ4v) is 4.01. The number of ether oxygens (including phenoxy) is 1. The van der Waals surface area contributed by atoms with E-state index in [4.69, 9.17) is 9.72 Å². The second-order valence-electron chi connectivity index (χ2n) is 7.44. The molecule has 1 fully saturated rings. The molecule has 1 atom stereocenters. The second kappa shape index (κ2) is 6.51. The number of nitrogens with one attached hydrogen (secondary N) is 1. The van der Waals surface area contributed by atoms with E-state index in [0.717, 1.165) is 54.2 Å². The average Bonchev–Trinajstić information content (AvgIpc) is 3.12. The molecular formula is C21H22FN5O. The molecule has 0 aliphatic carbocycles. The highest BCUT2D eigenvalue weighted by atomic mass is 19.1. The Kier molecular flexibility index (Phi) is 3.96. The van der Waals surface area contributed by atoms with E-state index >= 15 is 0 Å². The van der Waals surface area contributed by atoms with Crippen LogP contribution in [0.1, 0.15) is 36.9 Å². The van der Waals surface area contributed by atoms with Gasteiger partial charge in [0.2, 0.25) is 0 Å². The van der Waals surface area contributed by atoms with E-state index in [1.165, 1.54) is 6.07 Å². The van der Waals surface area contributed by atoms with E-state index in [-0.39, 0.29) is 18.0 Å². The van der Waals surface area contributed by atoms with E-state index in [0.29, 0.717) is 5.82 Å². The van der Waals surface area contributed by atoms with Crippen LogP contribution in [0.4, 0.5) is 10.2 Å². The quantitative estimate of drug-likeness (QED) is 0.643. The number of nitrogens with zero attached hydrogens (tertiary/aromatic N) is 4. The molecule has 0 radical (unpaired) electrons. The summed E-state index contributed by atoms with van der Waals surface area (Å²) in [7, 11) is 0. The summed E-state index contributed by atoms with van der Waals surface area (Å²) in [5.41, 5.74) is 3.42. The molecule has 0 amide bonds. The zero-order valence-corrected chi connectivity index (χ0v) is 15.7. The van der Waals surface area contributed by atoms with Crippen molar-refractivity contribution < 1.29 is 9.13 Å². The lowest BCUT2D eigenvalue weighted by molar-refractivity contribution is 0.126. The fourth-order valence-electron chi connectivity index (χ4n) is 4.01. The fraction of sp³-hybridized carbons (Fsp3) is 0.333. The first kappa shape index (κ1) is 17.0. The number of halogens is 1. The lowest BCUT2D eigenvalue weighted by Gasteiger charge is -2.35. The van der Waals surface area contributed by atoms with Gasteiger partial charge in [0.05, 0.1) is 17.8 Å². The Morgan fingerprint density at radius 1 is 1.25 bits per heavy atom. The van der Waals surface area contributed by atoms with Crippen LogP contribution >= 0.6 is 0 Å². The van der Waals surface area contributed by atoms with Crippen molar-refractivity contribution >= 4 is 17.2 Å². The second-order valence-corrected chi connectivity index (χ2v) is 7.44. The monoisotopic (exact) mass is 379 g/mol. The molecule has 6 rings (SSSR count). The normalized spacial score (nSPS) is 21.9. The molecule has 0 unspecified atom stereocenters. The van der Waals surface area contributed by atoms with Gasteiger partial charge in [-0.15, -0.1) is 0 Å². The highest BCUT2D eigenvalue weighted by Gasteiger charge is 2.26. The summed E-state index contributed by atoms with van der Waals surface area (Å²) >= 11 is 0. The van der Waals surface area contributed by atoms with Crippen LogP contribution in [0.5, 0.6) is 5.75 Å². The predicted molar refractivity (Wildman–Crippen MR) is 106 cm³/mol.